The van der Waals surface area contributed by atoms with Gasteiger partial charge in [0.25, 0.3) is 0 Å². The largest absolute Gasteiger partial charge is 0.354 e. The fourth-order valence-corrected chi connectivity index (χ4v) is 3.40. The Morgan fingerprint density at radius 3 is 2.62 bits per heavy atom. The molecule has 3 N–H and O–H groups in total. The SMILES string of the molecule is CC(C)C[C@H](N)C(=O)NCC1CCN(Cc2ccccc2Cl)CC1. The van der Waals surface area contributed by atoms with Crippen LogP contribution in [0.15, 0.2) is 24.3 Å². The van der Waals surface area contributed by atoms with Crippen molar-refractivity contribution in [2.24, 2.45) is 17.6 Å². The fraction of sp³-hybridized carbons (Fsp3) is 0.632. The van der Waals surface area contributed by atoms with Crippen LogP contribution in [0.1, 0.15) is 38.7 Å². The van der Waals surface area contributed by atoms with E-state index in [0.29, 0.717) is 11.8 Å². The van der Waals surface area contributed by atoms with E-state index in [4.69, 9.17) is 17.3 Å². The lowest BCUT2D eigenvalue weighted by molar-refractivity contribution is -0.122. The van der Waals surface area contributed by atoms with Crippen LogP contribution in [0.4, 0.5) is 0 Å². The predicted molar refractivity (Wildman–Crippen MR) is 99.9 cm³/mol. The zero-order chi connectivity index (χ0) is 17.5. The van der Waals surface area contributed by atoms with E-state index in [-0.39, 0.29) is 11.9 Å². The van der Waals surface area contributed by atoms with E-state index in [2.05, 4.69) is 30.1 Å². The van der Waals surface area contributed by atoms with E-state index in [9.17, 15) is 4.79 Å². The number of carbonyl (C=O) groups is 1. The van der Waals surface area contributed by atoms with Crippen LogP contribution in [0, 0.1) is 11.8 Å². The minimum atomic E-state index is -0.384. The van der Waals surface area contributed by atoms with E-state index >= 15 is 0 Å². The van der Waals surface area contributed by atoms with Gasteiger partial charge in [-0.05, 0) is 55.8 Å². The second kappa shape index (κ2) is 9.40. The Kier molecular flexibility index (Phi) is 7.53. The first-order chi connectivity index (χ1) is 11.5. The highest BCUT2D eigenvalue weighted by Crippen LogP contribution is 2.22. The van der Waals surface area contributed by atoms with E-state index < -0.39 is 0 Å². The van der Waals surface area contributed by atoms with Crippen molar-refractivity contribution in [1.82, 2.24) is 10.2 Å². The predicted octanol–water partition coefficient (Wildman–Crippen LogP) is 3.04. The summed E-state index contributed by atoms with van der Waals surface area (Å²) >= 11 is 6.24. The van der Waals surface area contributed by atoms with Gasteiger partial charge in [-0.2, -0.15) is 0 Å². The topological polar surface area (TPSA) is 58.4 Å². The number of hydrogen-bond donors (Lipinski definition) is 2. The van der Waals surface area contributed by atoms with Crippen molar-refractivity contribution in [1.29, 1.82) is 0 Å². The van der Waals surface area contributed by atoms with Gasteiger partial charge in [-0.25, -0.2) is 0 Å². The number of hydrogen-bond acceptors (Lipinski definition) is 3. The van der Waals surface area contributed by atoms with Crippen LogP contribution in [0.5, 0.6) is 0 Å². The molecule has 0 aromatic heterocycles. The summed E-state index contributed by atoms with van der Waals surface area (Å²) in [6.45, 7) is 7.90. The molecule has 0 saturated carbocycles. The summed E-state index contributed by atoms with van der Waals surface area (Å²) in [7, 11) is 0. The Hall–Kier alpha value is -1.10. The summed E-state index contributed by atoms with van der Waals surface area (Å²) in [5.74, 6) is 0.976. The molecule has 4 nitrogen and oxygen atoms in total. The molecule has 5 heteroatoms. The van der Waals surface area contributed by atoms with E-state index in [0.717, 1.165) is 50.5 Å². The molecule has 1 aliphatic heterocycles. The first-order valence-corrected chi connectivity index (χ1v) is 9.32. The third-order valence-corrected chi connectivity index (χ3v) is 5.05. The van der Waals surface area contributed by atoms with E-state index in [1.807, 2.05) is 18.2 Å². The average molecular weight is 352 g/mol. The van der Waals surface area contributed by atoms with Gasteiger partial charge in [0.2, 0.25) is 5.91 Å². The highest BCUT2D eigenvalue weighted by atomic mass is 35.5. The number of piperidine rings is 1. The molecular formula is C19H30ClN3O. The maximum Gasteiger partial charge on any atom is 0.236 e. The summed E-state index contributed by atoms with van der Waals surface area (Å²) in [5, 5.41) is 3.87. The quantitative estimate of drug-likeness (QED) is 0.793. The number of nitrogens with two attached hydrogens (primary N) is 1. The number of halogens is 1. The van der Waals surface area contributed by atoms with Gasteiger partial charge in [0, 0.05) is 18.1 Å². The lowest BCUT2D eigenvalue weighted by atomic mass is 9.96. The molecule has 0 unspecified atom stereocenters. The Morgan fingerprint density at radius 2 is 2.00 bits per heavy atom. The van der Waals surface area contributed by atoms with Crippen LogP contribution in [-0.2, 0) is 11.3 Å². The van der Waals surface area contributed by atoms with Gasteiger partial charge < -0.3 is 11.1 Å². The minimum absolute atomic E-state index is 0.0119. The molecular weight excluding hydrogens is 322 g/mol. The maximum absolute atomic E-state index is 12.0. The molecule has 0 radical (unpaired) electrons. The molecule has 1 saturated heterocycles. The zero-order valence-corrected chi connectivity index (χ0v) is 15.6. The average Bonchev–Trinajstić information content (AvgIpc) is 2.55. The van der Waals surface area contributed by atoms with Gasteiger partial charge in [0.1, 0.15) is 0 Å². The Balaban J connectivity index is 1.69. The number of amides is 1. The van der Waals surface area contributed by atoms with Gasteiger partial charge in [-0.3, -0.25) is 9.69 Å². The summed E-state index contributed by atoms with van der Waals surface area (Å²) < 4.78 is 0. The molecule has 0 aliphatic carbocycles. The molecule has 1 amide bonds. The summed E-state index contributed by atoms with van der Waals surface area (Å²) in [5.41, 5.74) is 7.11. The molecule has 24 heavy (non-hydrogen) atoms. The molecule has 134 valence electrons. The third kappa shape index (κ3) is 6.08. The van der Waals surface area contributed by atoms with Crippen LogP contribution >= 0.6 is 11.6 Å². The second-order valence-electron chi connectivity index (χ2n) is 7.29. The fourth-order valence-electron chi connectivity index (χ4n) is 3.21. The van der Waals surface area contributed by atoms with Crippen molar-refractivity contribution in [3.05, 3.63) is 34.9 Å². The monoisotopic (exact) mass is 351 g/mol. The molecule has 2 rings (SSSR count). The number of rotatable bonds is 7. The van der Waals surface area contributed by atoms with Gasteiger partial charge in [0.15, 0.2) is 0 Å². The second-order valence-corrected chi connectivity index (χ2v) is 7.70. The molecule has 0 spiro atoms. The molecule has 1 atom stereocenters. The summed E-state index contributed by atoms with van der Waals surface area (Å²) in [6, 6.07) is 7.64. The van der Waals surface area contributed by atoms with Crippen molar-refractivity contribution in [2.75, 3.05) is 19.6 Å². The summed E-state index contributed by atoms with van der Waals surface area (Å²) in [6.07, 6.45) is 2.94. The number of benzene rings is 1. The normalized spacial score (nSPS) is 17.9. The number of nitrogens with one attached hydrogen (secondary N) is 1. The minimum Gasteiger partial charge on any atom is -0.354 e. The van der Waals surface area contributed by atoms with Gasteiger partial charge in [-0.1, -0.05) is 43.6 Å². The van der Waals surface area contributed by atoms with E-state index in [1.165, 1.54) is 5.56 Å². The molecule has 1 aromatic rings. The Labute approximate surface area is 150 Å². The van der Waals surface area contributed by atoms with Crippen LogP contribution in [0.2, 0.25) is 5.02 Å². The Bertz CT molecular complexity index is 527. The van der Waals surface area contributed by atoms with Crippen LogP contribution in [0.25, 0.3) is 0 Å². The third-order valence-electron chi connectivity index (χ3n) is 4.69. The standard InChI is InChI=1S/C19H30ClN3O/c1-14(2)11-18(21)19(24)22-12-15-7-9-23(10-8-15)13-16-5-3-4-6-17(16)20/h3-6,14-15,18H,7-13,21H2,1-2H3,(H,22,24)/t18-/m0/s1. The number of nitrogens with zero attached hydrogens (tertiary/aromatic N) is 1. The highest BCUT2D eigenvalue weighted by molar-refractivity contribution is 6.31. The number of likely N-dealkylation sites (tertiary alicyclic amines) is 1. The van der Waals surface area contributed by atoms with Gasteiger partial charge in [0.05, 0.1) is 6.04 Å². The summed E-state index contributed by atoms with van der Waals surface area (Å²) in [4.78, 5) is 14.4. The molecule has 0 bridgehead atoms. The van der Waals surface area contributed by atoms with Crippen LogP contribution in [0.3, 0.4) is 0 Å². The zero-order valence-electron chi connectivity index (χ0n) is 14.8. The lowest BCUT2D eigenvalue weighted by Crippen LogP contribution is -2.44. The van der Waals surface area contributed by atoms with Crippen molar-refractivity contribution in [3.8, 4) is 0 Å². The first-order valence-electron chi connectivity index (χ1n) is 8.94. The van der Waals surface area contributed by atoms with Crippen molar-refractivity contribution in [2.45, 2.75) is 45.7 Å². The van der Waals surface area contributed by atoms with Crippen LogP contribution in [-0.4, -0.2) is 36.5 Å². The van der Waals surface area contributed by atoms with E-state index in [1.54, 1.807) is 0 Å². The van der Waals surface area contributed by atoms with Gasteiger partial charge in [-0.15, -0.1) is 0 Å². The van der Waals surface area contributed by atoms with Crippen molar-refractivity contribution >= 4 is 17.5 Å². The molecule has 1 heterocycles. The molecule has 1 aliphatic rings. The maximum atomic E-state index is 12.0. The highest BCUT2D eigenvalue weighted by Gasteiger charge is 2.21. The van der Waals surface area contributed by atoms with Crippen LogP contribution < -0.4 is 11.1 Å². The molecule has 1 fully saturated rings. The smallest absolute Gasteiger partial charge is 0.236 e. The van der Waals surface area contributed by atoms with Crippen molar-refractivity contribution < 1.29 is 4.79 Å². The lowest BCUT2D eigenvalue weighted by Gasteiger charge is -2.32. The van der Waals surface area contributed by atoms with Crippen molar-refractivity contribution in [3.63, 3.8) is 0 Å². The first kappa shape index (κ1) is 19.2. The van der Waals surface area contributed by atoms with Gasteiger partial charge >= 0.3 is 0 Å². The molecule has 1 aromatic carbocycles. The number of carbonyl (C=O) groups excluding carboxylic acids is 1. The Morgan fingerprint density at radius 1 is 1.33 bits per heavy atom.